The quantitative estimate of drug-likeness (QED) is 0.935. The van der Waals surface area contributed by atoms with Crippen LogP contribution < -0.4 is 5.32 Å². The minimum absolute atomic E-state index is 0.0595. The molecular formula is C18H16F2N2O2. The molecule has 2 aromatic rings. The van der Waals surface area contributed by atoms with Gasteiger partial charge in [0.1, 0.15) is 11.6 Å². The molecule has 2 amide bonds. The van der Waals surface area contributed by atoms with Gasteiger partial charge in [-0.25, -0.2) is 8.78 Å². The number of rotatable bonds is 4. The van der Waals surface area contributed by atoms with Crippen LogP contribution in [0.3, 0.4) is 0 Å². The minimum Gasteiger partial charge on any atom is -0.338 e. The van der Waals surface area contributed by atoms with Gasteiger partial charge in [-0.05, 0) is 36.2 Å². The Labute approximate surface area is 138 Å². The van der Waals surface area contributed by atoms with Gasteiger partial charge < -0.3 is 10.2 Å². The maximum atomic E-state index is 13.1. The van der Waals surface area contributed by atoms with E-state index in [2.05, 4.69) is 5.32 Å². The van der Waals surface area contributed by atoms with E-state index in [9.17, 15) is 18.4 Å². The molecule has 1 heterocycles. The van der Waals surface area contributed by atoms with Crippen molar-refractivity contribution >= 4 is 17.5 Å². The summed E-state index contributed by atoms with van der Waals surface area (Å²) in [5.74, 6) is -1.82. The van der Waals surface area contributed by atoms with Gasteiger partial charge in [0.15, 0.2) is 0 Å². The molecule has 0 radical (unpaired) electrons. The van der Waals surface area contributed by atoms with Gasteiger partial charge in [0, 0.05) is 36.8 Å². The number of benzene rings is 2. The predicted molar refractivity (Wildman–Crippen MR) is 85.4 cm³/mol. The van der Waals surface area contributed by atoms with Gasteiger partial charge in [-0.3, -0.25) is 9.59 Å². The van der Waals surface area contributed by atoms with Gasteiger partial charge >= 0.3 is 0 Å². The number of nitrogens with one attached hydrogen (secondary N) is 1. The SMILES string of the molecule is O=C(Nc1cc(F)cc(F)c1)c1ccc(CN2CCCC2=O)cc1. The standard InChI is InChI=1S/C18H16F2N2O2/c19-14-8-15(20)10-16(9-14)21-18(24)13-5-3-12(4-6-13)11-22-7-1-2-17(22)23/h3-6,8-10H,1-2,7,11H2,(H,21,24). The molecule has 24 heavy (non-hydrogen) atoms. The van der Waals surface area contributed by atoms with Crippen molar-refractivity contribution in [2.75, 3.05) is 11.9 Å². The number of halogens is 2. The molecule has 1 aliphatic rings. The smallest absolute Gasteiger partial charge is 0.255 e. The van der Waals surface area contributed by atoms with Crippen molar-refractivity contribution in [3.05, 3.63) is 65.2 Å². The van der Waals surface area contributed by atoms with Crippen molar-refractivity contribution in [2.24, 2.45) is 0 Å². The maximum absolute atomic E-state index is 13.1. The molecule has 0 spiro atoms. The molecule has 1 N–H and O–H groups in total. The number of likely N-dealkylation sites (tertiary alicyclic amines) is 1. The third-order valence-corrected chi connectivity index (χ3v) is 3.88. The van der Waals surface area contributed by atoms with E-state index in [4.69, 9.17) is 0 Å². The molecule has 6 heteroatoms. The highest BCUT2D eigenvalue weighted by atomic mass is 19.1. The molecule has 0 saturated carbocycles. The lowest BCUT2D eigenvalue weighted by atomic mass is 10.1. The Morgan fingerprint density at radius 1 is 1.08 bits per heavy atom. The van der Waals surface area contributed by atoms with Crippen LogP contribution >= 0.6 is 0 Å². The third kappa shape index (κ3) is 3.76. The molecule has 0 bridgehead atoms. The van der Waals surface area contributed by atoms with Crippen molar-refractivity contribution in [1.29, 1.82) is 0 Å². The topological polar surface area (TPSA) is 49.4 Å². The van der Waals surface area contributed by atoms with E-state index in [1.165, 1.54) is 0 Å². The minimum atomic E-state index is -0.754. The Morgan fingerprint density at radius 2 is 1.75 bits per heavy atom. The number of carbonyl (C=O) groups is 2. The molecule has 0 aliphatic carbocycles. The van der Waals surface area contributed by atoms with E-state index in [1.807, 2.05) is 0 Å². The van der Waals surface area contributed by atoms with Crippen molar-refractivity contribution in [3.8, 4) is 0 Å². The average Bonchev–Trinajstić information content (AvgIpc) is 2.92. The molecule has 0 atom stereocenters. The highest BCUT2D eigenvalue weighted by Crippen LogP contribution is 2.17. The largest absolute Gasteiger partial charge is 0.338 e. The van der Waals surface area contributed by atoms with E-state index < -0.39 is 17.5 Å². The number of anilines is 1. The molecule has 0 aromatic heterocycles. The number of hydrogen-bond donors (Lipinski definition) is 1. The van der Waals surface area contributed by atoms with E-state index in [0.29, 0.717) is 18.5 Å². The average molecular weight is 330 g/mol. The summed E-state index contributed by atoms with van der Waals surface area (Å²) in [5.41, 5.74) is 1.36. The molecule has 1 fully saturated rings. The van der Waals surface area contributed by atoms with Crippen molar-refractivity contribution in [2.45, 2.75) is 19.4 Å². The summed E-state index contributed by atoms with van der Waals surface area (Å²) in [5, 5.41) is 2.46. The van der Waals surface area contributed by atoms with Gasteiger partial charge in [-0.1, -0.05) is 12.1 Å². The lowest BCUT2D eigenvalue weighted by Gasteiger charge is -2.15. The first-order valence-corrected chi connectivity index (χ1v) is 7.65. The lowest BCUT2D eigenvalue weighted by molar-refractivity contribution is -0.128. The van der Waals surface area contributed by atoms with Crippen LogP contribution in [0.4, 0.5) is 14.5 Å². The summed E-state index contributed by atoms with van der Waals surface area (Å²) in [6.45, 7) is 1.28. The third-order valence-electron chi connectivity index (χ3n) is 3.88. The van der Waals surface area contributed by atoms with Crippen molar-refractivity contribution in [1.82, 2.24) is 4.90 Å². The first-order valence-electron chi connectivity index (χ1n) is 7.65. The van der Waals surface area contributed by atoms with Gasteiger partial charge in [0.05, 0.1) is 0 Å². The Hall–Kier alpha value is -2.76. The van der Waals surface area contributed by atoms with Crippen LogP contribution in [0.25, 0.3) is 0 Å². The van der Waals surface area contributed by atoms with Crippen LogP contribution in [0.15, 0.2) is 42.5 Å². The summed E-state index contributed by atoms with van der Waals surface area (Å²) in [6.07, 6.45) is 1.47. The van der Waals surface area contributed by atoms with Gasteiger partial charge in [-0.2, -0.15) is 0 Å². The van der Waals surface area contributed by atoms with Gasteiger partial charge in [0.2, 0.25) is 5.91 Å². The number of carbonyl (C=O) groups excluding carboxylic acids is 2. The first-order chi connectivity index (χ1) is 11.5. The molecule has 1 saturated heterocycles. The fourth-order valence-corrected chi connectivity index (χ4v) is 2.68. The molecule has 3 rings (SSSR count). The second kappa shape index (κ2) is 6.78. The molecule has 4 nitrogen and oxygen atoms in total. The van der Waals surface area contributed by atoms with Gasteiger partial charge in [0.25, 0.3) is 5.91 Å². The van der Waals surface area contributed by atoms with Gasteiger partial charge in [-0.15, -0.1) is 0 Å². The Balaban J connectivity index is 1.66. The number of nitrogens with zero attached hydrogens (tertiary/aromatic N) is 1. The number of amides is 2. The summed E-state index contributed by atoms with van der Waals surface area (Å²) in [4.78, 5) is 25.5. The second-order valence-electron chi connectivity index (χ2n) is 5.73. The van der Waals surface area contributed by atoms with E-state index >= 15 is 0 Å². The molecular weight excluding hydrogens is 314 g/mol. The Bertz CT molecular complexity index is 755. The fourth-order valence-electron chi connectivity index (χ4n) is 2.68. The van der Waals surface area contributed by atoms with E-state index in [1.54, 1.807) is 29.2 Å². The Kier molecular flexibility index (Phi) is 4.55. The van der Waals surface area contributed by atoms with Crippen molar-refractivity contribution in [3.63, 3.8) is 0 Å². The highest BCUT2D eigenvalue weighted by molar-refractivity contribution is 6.04. The van der Waals surface area contributed by atoms with E-state index in [0.717, 1.165) is 36.7 Å². The molecule has 2 aromatic carbocycles. The zero-order valence-electron chi connectivity index (χ0n) is 12.9. The molecule has 0 unspecified atom stereocenters. The first kappa shape index (κ1) is 16.1. The normalized spacial score (nSPS) is 14.1. The maximum Gasteiger partial charge on any atom is 0.255 e. The summed E-state index contributed by atoms with van der Waals surface area (Å²) < 4.78 is 26.3. The highest BCUT2D eigenvalue weighted by Gasteiger charge is 2.20. The lowest BCUT2D eigenvalue weighted by Crippen LogP contribution is -2.23. The van der Waals surface area contributed by atoms with Crippen molar-refractivity contribution < 1.29 is 18.4 Å². The van der Waals surface area contributed by atoms with Crippen LogP contribution in [0.2, 0.25) is 0 Å². The van der Waals surface area contributed by atoms with Crippen LogP contribution in [0.5, 0.6) is 0 Å². The summed E-state index contributed by atoms with van der Waals surface area (Å²) in [7, 11) is 0. The molecule has 1 aliphatic heterocycles. The van der Waals surface area contributed by atoms with Crippen LogP contribution in [0.1, 0.15) is 28.8 Å². The number of hydrogen-bond acceptors (Lipinski definition) is 2. The van der Waals surface area contributed by atoms with Crippen LogP contribution in [-0.2, 0) is 11.3 Å². The zero-order valence-corrected chi connectivity index (χ0v) is 12.9. The molecule has 124 valence electrons. The zero-order chi connectivity index (χ0) is 17.1. The monoisotopic (exact) mass is 330 g/mol. The predicted octanol–water partition coefficient (Wildman–Crippen LogP) is 3.34. The summed E-state index contributed by atoms with van der Waals surface area (Å²) in [6, 6.07) is 9.63. The summed E-state index contributed by atoms with van der Waals surface area (Å²) >= 11 is 0. The fraction of sp³-hybridized carbons (Fsp3) is 0.222. The van der Waals surface area contributed by atoms with Crippen LogP contribution in [-0.4, -0.2) is 23.3 Å². The Morgan fingerprint density at radius 3 is 2.33 bits per heavy atom. The van der Waals surface area contributed by atoms with Crippen LogP contribution in [0, 0.1) is 11.6 Å². The second-order valence-corrected chi connectivity index (χ2v) is 5.73. The van der Waals surface area contributed by atoms with E-state index in [-0.39, 0.29) is 11.6 Å².